The van der Waals surface area contributed by atoms with E-state index in [4.69, 9.17) is 0 Å². The maximum Gasteiger partial charge on any atom is 0.243 e. The fraction of sp³-hybridized carbons (Fsp3) is 0.778. The number of hydrogen-bond donors (Lipinski definition) is 1. The number of carbonyl (C=O) groups is 2. The summed E-state index contributed by atoms with van der Waals surface area (Å²) in [6, 6.07) is 0. The summed E-state index contributed by atoms with van der Waals surface area (Å²) in [7, 11) is 1.42. The first kappa shape index (κ1) is 12.1. The van der Waals surface area contributed by atoms with Crippen LogP contribution in [0.25, 0.3) is 0 Å². The van der Waals surface area contributed by atoms with E-state index >= 15 is 0 Å². The van der Waals surface area contributed by atoms with Crippen molar-refractivity contribution in [3.05, 3.63) is 0 Å². The Morgan fingerprint density at radius 2 is 2.00 bits per heavy atom. The first-order valence-electron chi connectivity index (χ1n) is 4.56. The third-order valence-corrected chi connectivity index (χ3v) is 1.69. The zero-order valence-electron chi connectivity index (χ0n) is 8.04. The largest absolute Gasteiger partial charge is 0.303 e. The molecule has 0 radical (unpaired) electrons. The number of rotatable bonds is 8. The molecule has 1 amide bonds. The van der Waals surface area contributed by atoms with Crippen LogP contribution in [0.5, 0.6) is 0 Å². The Morgan fingerprint density at radius 3 is 2.62 bits per heavy atom. The monoisotopic (exact) mass is 187 g/mol. The van der Waals surface area contributed by atoms with Gasteiger partial charge in [-0.2, -0.15) is 0 Å². The lowest BCUT2D eigenvalue weighted by atomic mass is 10.1. The molecule has 0 aliphatic carbocycles. The Kier molecular flexibility index (Phi) is 8.55. The molecule has 13 heavy (non-hydrogen) atoms. The summed E-state index contributed by atoms with van der Waals surface area (Å²) in [5, 5.41) is 0. The van der Waals surface area contributed by atoms with E-state index in [0.29, 0.717) is 12.8 Å². The molecule has 0 rings (SSSR count). The summed E-state index contributed by atoms with van der Waals surface area (Å²) in [5.74, 6) is -0.0853. The van der Waals surface area contributed by atoms with Crippen LogP contribution in [0.2, 0.25) is 0 Å². The molecule has 76 valence electrons. The van der Waals surface area contributed by atoms with Gasteiger partial charge in [0.15, 0.2) is 0 Å². The second-order valence-electron chi connectivity index (χ2n) is 2.85. The summed E-state index contributed by atoms with van der Waals surface area (Å²) < 4.78 is 0. The van der Waals surface area contributed by atoms with Gasteiger partial charge in [0.2, 0.25) is 5.91 Å². The van der Waals surface area contributed by atoms with Crippen LogP contribution in [-0.2, 0) is 14.4 Å². The summed E-state index contributed by atoms with van der Waals surface area (Å²) in [6.45, 7) is 0. The number of carbonyl (C=O) groups excluding carboxylic acids is 2. The Hall–Kier alpha value is -0.900. The lowest BCUT2D eigenvalue weighted by Gasteiger charge is -2.00. The predicted octanol–water partition coefficient (Wildman–Crippen LogP) is 1.20. The van der Waals surface area contributed by atoms with Crippen LogP contribution < -0.4 is 5.48 Å². The van der Waals surface area contributed by atoms with Crippen molar-refractivity contribution in [3.63, 3.8) is 0 Å². The number of hydrogen-bond acceptors (Lipinski definition) is 3. The van der Waals surface area contributed by atoms with Crippen molar-refractivity contribution in [3.8, 4) is 0 Å². The van der Waals surface area contributed by atoms with E-state index in [1.165, 1.54) is 7.11 Å². The average Bonchev–Trinajstić information content (AvgIpc) is 2.11. The molecule has 0 aromatic rings. The summed E-state index contributed by atoms with van der Waals surface area (Å²) in [4.78, 5) is 25.2. The van der Waals surface area contributed by atoms with E-state index in [1.54, 1.807) is 0 Å². The molecule has 0 atom stereocenters. The molecule has 0 aliphatic rings. The molecule has 0 heterocycles. The van der Waals surface area contributed by atoms with Crippen LogP contribution >= 0.6 is 0 Å². The van der Waals surface area contributed by atoms with Crippen molar-refractivity contribution >= 4 is 12.2 Å². The highest BCUT2D eigenvalue weighted by Gasteiger charge is 1.98. The molecule has 0 bridgehead atoms. The van der Waals surface area contributed by atoms with Crippen molar-refractivity contribution in [1.29, 1.82) is 0 Å². The van der Waals surface area contributed by atoms with Gasteiger partial charge in [-0.1, -0.05) is 12.8 Å². The molecule has 0 aromatic carbocycles. The highest BCUT2D eigenvalue weighted by molar-refractivity contribution is 5.74. The van der Waals surface area contributed by atoms with Crippen molar-refractivity contribution in [1.82, 2.24) is 5.48 Å². The van der Waals surface area contributed by atoms with Gasteiger partial charge >= 0.3 is 0 Å². The van der Waals surface area contributed by atoms with Crippen molar-refractivity contribution < 1.29 is 14.4 Å². The molecule has 0 spiro atoms. The van der Waals surface area contributed by atoms with Gasteiger partial charge in [-0.25, -0.2) is 5.48 Å². The fourth-order valence-electron chi connectivity index (χ4n) is 1.03. The molecule has 0 aromatic heterocycles. The van der Waals surface area contributed by atoms with Crippen molar-refractivity contribution in [2.24, 2.45) is 0 Å². The Labute approximate surface area is 78.6 Å². The van der Waals surface area contributed by atoms with Gasteiger partial charge in [-0.15, -0.1) is 0 Å². The normalized spacial score (nSPS) is 9.62. The number of nitrogens with one attached hydrogen (secondary N) is 1. The van der Waals surface area contributed by atoms with Crippen LogP contribution in [0.1, 0.15) is 38.5 Å². The first-order chi connectivity index (χ1) is 6.31. The summed E-state index contributed by atoms with van der Waals surface area (Å²) in [6.07, 6.45) is 5.84. The second-order valence-corrected chi connectivity index (χ2v) is 2.85. The Balaban J connectivity index is 3.06. The summed E-state index contributed by atoms with van der Waals surface area (Å²) in [5.41, 5.74) is 2.25. The van der Waals surface area contributed by atoms with Gasteiger partial charge < -0.3 is 4.79 Å². The van der Waals surface area contributed by atoms with Gasteiger partial charge in [0.25, 0.3) is 0 Å². The molecule has 0 saturated heterocycles. The number of amides is 1. The van der Waals surface area contributed by atoms with Crippen LogP contribution in [0.3, 0.4) is 0 Å². The van der Waals surface area contributed by atoms with Crippen LogP contribution in [-0.4, -0.2) is 19.3 Å². The first-order valence-corrected chi connectivity index (χ1v) is 4.56. The minimum atomic E-state index is -0.0853. The van der Waals surface area contributed by atoms with E-state index in [9.17, 15) is 9.59 Å². The zero-order valence-corrected chi connectivity index (χ0v) is 8.04. The van der Waals surface area contributed by atoms with Gasteiger partial charge in [0, 0.05) is 12.8 Å². The van der Waals surface area contributed by atoms with Crippen LogP contribution in [0.15, 0.2) is 0 Å². The topological polar surface area (TPSA) is 55.4 Å². The minimum absolute atomic E-state index is 0.0853. The van der Waals surface area contributed by atoms with E-state index in [-0.39, 0.29) is 5.91 Å². The van der Waals surface area contributed by atoms with E-state index in [2.05, 4.69) is 10.3 Å². The highest BCUT2D eigenvalue weighted by atomic mass is 16.6. The van der Waals surface area contributed by atoms with E-state index < -0.39 is 0 Å². The number of unbranched alkanes of at least 4 members (excludes halogenated alkanes) is 4. The minimum Gasteiger partial charge on any atom is -0.303 e. The van der Waals surface area contributed by atoms with Gasteiger partial charge in [-0.3, -0.25) is 9.63 Å². The van der Waals surface area contributed by atoms with Gasteiger partial charge in [0.1, 0.15) is 6.29 Å². The standard InChI is InChI=1S/C9H17NO3/c1-13-10-9(12)7-5-3-2-4-6-8-11/h8H,2-7H2,1H3,(H,10,12). The molecule has 4 nitrogen and oxygen atoms in total. The average molecular weight is 187 g/mol. The zero-order chi connectivity index (χ0) is 9.94. The van der Waals surface area contributed by atoms with Crippen LogP contribution in [0, 0.1) is 0 Å². The van der Waals surface area contributed by atoms with Crippen molar-refractivity contribution in [2.45, 2.75) is 38.5 Å². The molecule has 4 heteroatoms. The predicted molar refractivity (Wildman–Crippen MR) is 48.9 cm³/mol. The molecule has 0 saturated carbocycles. The third kappa shape index (κ3) is 9.01. The lowest BCUT2D eigenvalue weighted by Crippen LogP contribution is -2.21. The summed E-state index contributed by atoms with van der Waals surface area (Å²) >= 11 is 0. The SMILES string of the molecule is CONC(=O)CCCCCCC=O. The number of aldehydes is 1. The Morgan fingerprint density at radius 1 is 1.31 bits per heavy atom. The van der Waals surface area contributed by atoms with Gasteiger partial charge in [0.05, 0.1) is 7.11 Å². The Bertz CT molecular complexity index is 148. The second kappa shape index (κ2) is 9.19. The highest BCUT2D eigenvalue weighted by Crippen LogP contribution is 2.03. The quantitative estimate of drug-likeness (QED) is 0.353. The van der Waals surface area contributed by atoms with Crippen molar-refractivity contribution in [2.75, 3.05) is 7.11 Å². The molecule has 0 aliphatic heterocycles. The molecule has 1 N–H and O–H groups in total. The lowest BCUT2D eigenvalue weighted by molar-refractivity contribution is -0.131. The maximum absolute atomic E-state index is 10.8. The van der Waals surface area contributed by atoms with Crippen LogP contribution in [0.4, 0.5) is 0 Å². The maximum atomic E-state index is 10.8. The van der Waals surface area contributed by atoms with E-state index in [1.807, 2.05) is 0 Å². The smallest absolute Gasteiger partial charge is 0.243 e. The fourth-order valence-corrected chi connectivity index (χ4v) is 1.03. The van der Waals surface area contributed by atoms with Gasteiger partial charge in [-0.05, 0) is 12.8 Å². The number of hydroxylamine groups is 1. The molecule has 0 fully saturated rings. The molecular weight excluding hydrogens is 170 g/mol. The molecule has 0 unspecified atom stereocenters. The molecular formula is C9H17NO3. The van der Waals surface area contributed by atoms with E-state index in [0.717, 1.165) is 32.0 Å². The third-order valence-electron chi connectivity index (χ3n) is 1.69.